The molecule has 2 atom stereocenters. The number of alkyl halides is 1. The van der Waals surface area contributed by atoms with Crippen molar-refractivity contribution in [1.82, 2.24) is 0 Å². The molecule has 0 aliphatic carbocycles. The SMILES string of the molecule is CC1C(B(O)O)=CN=CC1F. The highest BCUT2D eigenvalue weighted by Gasteiger charge is 2.28. The predicted molar refractivity (Wildman–Crippen MR) is 40.8 cm³/mol. The van der Waals surface area contributed by atoms with E-state index in [4.69, 9.17) is 10.0 Å². The van der Waals surface area contributed by atoms with E-state index in [2.05, 4.69) is 4.99 Å². The van der Waals surface area contributed by atoms with Crippen LogP contribution in [0.2, 0.25) is 0 Å². The number of nitrogens with zero attached hydrogens (tertiary/aromatic N) is 1. The smallest absolute Gasteiger partial charge is 0.423 e. The molecule has 0 spiro atoms. The molecule has 1 heterocycles. The van der Waals surface area contributed by atoms with Crippen LogP contribution in [0.5, 0.6) is 0 Å². The quantitative estimate of drug-likeness (QED) is 0.524. The minimum Gasteiger partial charge on any atom is -0.423 e. The lowest BCUT2D eigenvalue weighted by Crippen LogP contribution is -2.29. The molecule has 60 valence electrons. The van der Waals surface area contributed by atoms with Gasteiger partial charge in [-0.1, -0.05) is 6.92 Å². The lowest BCUT2D eigenvalue weighted by molar-refractivity contribution is 0.340. The number of hydrogen-bond donors (Lipinski definition) is 2. The highest BCUT2D eigenvalue weighted by molar-refractivity contribution is 6.51. The zero-order valence-electron chi connectivity index (χ0n) is 6.11. The first kappa shape index (κ1) is 8.42. The molecule has 11 heavy (non-hydrogen) atoms. The van der Waals surface area contributed by atoms with Crippen molar-refractivity contribution in [3.05, 3.63) is 11.7 Å². The molecule has 1 aliphatic heterocycles. The van der Waals surface area contributed by atoms with E-state index < -0.39 is 19.2 Å². The van der Waals surface area contributed by atoms with E-state index in [0.717, 1.165) is 6.21 Å². The summed E-state index contributed by atoms with van der Waals surface area (Å²) >= 11 is 0. The van der Waals surface area contributed by atoms with Gasteiger partial charge in [0, 0.05) is 18.3 Å². The third-order valence-electron chi connectivity index (χ3n) is 1.75. The average molecular weight is 157 g/mol. The van der Waals surface area contributed by atoms with E-state index in [1.54, 1.807) is 6.92 Å². The molecule has 0 saturated carbocycles. The molecule has 2 N–H and O–H groups in total. The molecule has 2 unspecified atom stereocenters. The van der Waals surface area contributed by atoms with Crippen LogP contribution in [0.1, 0.15) is 6.92 Å². The van der Waals surface area contributed by atoms with Crippen molar-refractivity contribution >= 4 is 13.3 Å². The summed E-state index contributed by atoms with van der Waals surface area (Å²) in [6, 6.07) is 0. The maximum absolute atomic E-state index is 12.8. The highest BCUT2D eigenvalue weighted by Crippen LogP contribution is 2.20. The number of halogens is 1. The van der Waals surface area contributed by atoms with Crippen LogP contribution in [0.25, 0.3) is 0 Å². The first-order valence-electron chi connectivity index (χ1n) is 3.36. The Hall–Kier alpha value is -0.675. The van der Waals surface area contributed by atoms with Crippen molar-refractivity contribution in [2.75, 3.05) is 0 Å². The van der Waals surface area contributed by atoms with E-state index in [9.17, 15) is 4.39 Å². The first-order chi connectivity index (χ1) is 5.13. The Balaban J connectivity index is 2.78. The first-order valence-corrected chi connectivity index (χ1v) is 3.36. The number of hydrogen-bond acceptors (Lipinski definition) is 3. The molecule has 0 aromatic rings. The second-order valence-corrected chi connectivity index (χ2v) is 2.53. The summed E-state index contributed by atoms with van der Waals surface area (Å²) in [5, 5.41) is 17.4. The van der Waals surface area contributed by atoms with Crippen LogP contribution in [0, 0.1) is 5.92 Å². The molecule has 3 nitrogen and oxygen atoms in total. The fourth-order valence-corrected chi connectivity index (χ4v) is 0.944. The van der Waals surface area contributed by atoms with Gasteiger partial charge in [-0.3, -0.25) is 4.99 Å². The highest BCUT2D eigenvalue weighted by atomic mass is 19.1. The predicted octanol–water partition coefficient (Wildman–Crippen LogP) is -0.0591. The van der Waals surface area contributed by atoms with Crippen LogP contribution in [-0.2, 0) is 0 Å². The molecule has 5 heteroatoms. The van der Waals surface area contributed by atoms with E-state index in [1.165, 1.54) is 6.20 Å². The van der Waals surface area contributed by atoms with Crippen molar-refractivity contribution in [3.8, 4) is 0 Å². The molecule has 0 saturated heterocycles. The Morgan fingerprint density at radius 3 is 2.73 bits per heavy atom. The van der Waals surface area contributed by atoms with Gasteiger partial charge in [0.05, 0.1) is 0 Å². The topological polar surface area (TPSA) is 52.8 Å². The molecule has 1 rings (SSSR count). The monoisotopic (exact) mass is 157 g/mol. The molecule has 0 aromatic heterocycles. The number of allylic oxidation sites excluding steroid dienone is 1. The van der Waals surface area contributed by atoms with Gasteiger partial charge in [0.15, 0.2) is 0 Å². The second kappa shape index (κ2) is 3.15. The Kier molecular flexibility index (Phi) is 2.41. The molecule has 0 radical (unpaired) electrons. The van der Waals surface area contributed by atoms with Crippen LogP contribution in [-0.4, -0.2) is 29.6 Å². The van der Waals surface area contributed by atoms with Gasteiger partial charge in [-0.05, 0) is 5.47 Å². The van der Waals surface area contributed by atoms with Crippen molar-refractivity contribution < 1.29 is 14.4 Å². The zero-order valence-corrected chi connectivity index (χ0v) is 6.11. The zero-order chi connectivity index (χ0) is 8.43. The molecular formula is C6H9BFNO2. The normalized spacial score (nSPS) is 30.0. The fraction of sp³-hybridized carbons (Fsp3) is 0.500. The van der Waals surface area contributed by atoms with E-state index in [-0.39, 0.29) is 5.47 Å². The van der Waals surface area contributed by atoms with Gasteiger partial charge in [0.2, 0.25) is 0 Å². The average Bonchev–Trinajstić information content (AvgIpc) is 1.94. The fourth-order valence-electron chi connectivity index (χ4n) is 0.944. The summed E-state index contributed by atoms with van der Waals surface area (Å²) in [6.07, 6.45) is 1.22. The van der Waals surface area contributed by atoms with Crippen molar-refractivity contribution in [2.45, 2.75) is 13.1 Å². The molecular weight excluding hydrogens is 148 g/mol. The van der Waals surface area contributed by atoms with Gasteiger partial charge in [-0.2, -0.15) is 0 Å². The van der Waals surface area contributed by atoms with E-state index in [1.807, 2.05) is 0 Å². The standard InChI is InChI=1S/C6H9BFNO2/c1-4-5(7(10)11)2-9-3-6(4)8/h2-4,6,10-11H,1H3. The molecule has 0 fully saturated rings. The molecule has 0 bridgehead atoms. The molecule has 0 amide bonds. The van der Waals surface area contributed by atoms with Crippen LogP contribution in [0.4, 0.5) is 4.39 Å². The summed E-state index contributed by atoms with van der Waals surface area (Å²) in [5.41, 5.74) is 0.222. The van der Waals surface area contributed by atoms with Crippen LogP contribution in [0.3, 0.4) is 0 Å². The van der Waals surface area contributed by atoms with Gasteiger partial charge in [-0.15, -0.1) is 0 Å². The van der Waals surface area contributed by atoms with Gasteiger partial charge < -0.3 is 10.0 Å². The maximum Gasteiger partial charge on any atom is 0.486 e. The lowest BCUT2D eigenvalue weighted by Gasteiger charge is -2.18. The third-order valence-corrected chi connectivity index (χ3v) is 1.75. The molecule has 0 aromatic carbocycles. The van der Waals surface area contributed by atoms with E-state index >= 15 is 0 Å². The Morgan fingerprint density at radius 2 is 2.27 bits per heavy atom. The minimum atomic E-state index is -1.60. The summed E-state index contributed by atoms with van der Waals surface area (Å²) in [4.78, 5) is 3.53. The summed E-state index contributed by atoms with van der Waals surface area (Å²) < 4.78 is 12.8. The van der Waals surface area contributed by atoms with Crippen LogP contribution < -0.4 is 0 Å². The van der Waals surface area contributed by atoms with Crippen LogP contribution >= 0.6 is 0 Å². The van der Waals surface area contributed by atoms with Crippen LogP contribution in [0.15, 0.2) is 16.7 Å². The number of aliphatic imine (C=N–C) groups is 1. The van der Waals surface area contributed by atoms with Crippen molar-refractivity contribution in [2.24, 2.45) is 10.9 Å². The minimum absolute atomic E-state index is 0.222. The van der Waals surface area contributed by atoms with Gasteiger partial charge in [-0.25, -0.2) is 4.39 Å². The number of rotatable bonds is 1. The Bertz CT molecular complexity index is 205. The Labute approximate surface area is 64.4 Å². The van der Waals surface area contributed by atoms with Crippen molar-refractivity contribution in [1.29, 1.82) is 0 Å². The molecule has 1 aliphatic rings. The second-order valence-electron chi connectivity index (χ2n) is 2.53. The third kappa shape index (κ3) is 1.67. The largest absolute Gasteiger partial charge is 0.486 e. The summed E-state index contributed by atoms with van der Waals surface area (Å²) in [5.74, 6) is -0.493. The summed E-state index contributed by atoms with van der Waals surface area (Å²) in [7, 11) is -1.60. The van der Waals surface area contributed by atoms with Gasteiger partial charge in [0.1, 0.15) is 6.17 Å². The van der Waals surface area contributed by atoms with Crippen molar-refractivity contribution in [3.63, 3.8) is 0 Å². The lowest BCUT2D eigenvalue weighted by atomic mass is 9.71. The maximum atomic E-state index is 12.8. The van der Waals surface area contributed by atoms with Gasteiger partial charge >= 0.3 is 7.12 Å². The summed E-state index contributed by atoms with van der Waals surface area (Å²) in [6.45, 7) is 1.58. The Morgan fingerprint density at radius 1 is 1.64 bits per heavy atom. The van der Waals surface area contributed by atoms with Gasteiger partial charge in [0.25, 0.3) is 0 Å². The van der Waals surface area contributed by atoms with E-state index in [0.29, 0.717) is 0 Å².